The van der Waals surface area contributed by atoms with E-state index in [1.165, 1.54) is 5.69 Å². The predicted octanol–water partition coefficient (Wildman–Crippen LogP) is 3.69. The van der Waals surface area contributed by atoms with Crippen molar-refractivity contribution in [2.45, 2.75) is 26.4 Å². The first-order chi connectivity index (χ1) is 8.81. The van der Waals surface area contributed by atoms with E-state index in [4.69, 9.17) is 11.6 Å². The lowest BCUT2D eigenvalue weighted by Crippen LogP contribution is -2.17. The van der Waals surface area contributed by atoms with Gasteiger partial charge in [0.25, 0.3) is 0 Å². The standard InChI is InChI=1S/C15H19ClN2/c1-2-9-17-11-14-7-5-10-18(14)12-13-6-3-4-8-15(13)16/h3-8,10,17H,2,9,11-12H2,1H3. The fraction of sp³-hybridized carbons (Fsp3) is 0.333. The summed E-state index contributed by atoms with van der Waals surface area (Å²) in [4.78, 5) is 0. The third-order valence-corrected chi connectivity index (χ3v) is 3.32. The average Bonchev–Trinajstić information content (AvgIpc) is 2.80. The van der Waals surface area contributed by atoms with E-state index in [0.29, 0.717) is 0 Å². The Balaban J connectivity index is 2.05. The summed E-state index contributed by atoms with van der Waals surface area (Å²) in [7, 11) is 0. The molecule has 0 bridgehead atoms. The fourth-order valence-electron chi connectivity index (χ4n) is 1.97. The third-order valence-electron chi connectivity index (χ3n) is 2.95. The van der Waals surface area contributed by atoms with Crippen LogP contribution in [0.2, 0.25) is 5.02 Å². The van der Waals surface area contributed by atoms with Crippen LogP contribution in [0.3, 0.4) is 0 Å². The van der Waals surface area contributed by atoms with Gasteiger partial charge in [0.15, 0.2) is 0 Å². The highest BCUT2D eigenvalue weighted by molar-refractivity contribution is 6.31. The van der Waals surface area contributed by atoms with Crippen LogP contribution in [0.25, 0.3) is 0 Å². The summed E-state index contributed by atoms with van der Waals surface area (Å²) in [5, 5.41) is 4.26. The number of nitrogens with one attached hydrogen (secondary N) is 1. The molecule has 1 N–H and O–H groups in total. The van der Waals surface area contributed by atoms with Crippen LogP contribution in [0.5, 0.6) is 0 Å². The Morgan fingerprint density at radius 3 is 2.78 bits per heavy atom. The summed E-state index contributed by atoms with van der Waals surface area (Å²) >= 11 is 6.19. The minimum absolute atomic E-state index is 0.829. The zero-order chi connectivity index (χ0) is 12.8. The smallest absolute Gasteiger partial charge is 0.0488 e. The summed E-state index contributed by atoms with van der Waals surface area (Å²) in [6, 6.07) is 12.2. The van der Waals surface area contributed by atoms with Gasteiger partial charge in [0.2, 0.25) is 0 Å². The molecule has 1 heterocycles. The molecule has 0 amide bonds. The maximum Gasteiger partial charge on any atom is 0.0488 e. The van der Waals surface area contributed by atoms with E-state index in [-0.39, 0.29) is 0 Å². The lowest BCUT2D eigenvalue weighted by atomic mass is 10.2. The van der Waals surface area contributed by atoms with Crippen molar-refractivity contribution in [1.29, 1.82) is 0 Å². The number of halogens is 1. The van der Waals surface area contributed by atoms with E-state index in [2.05, 4.69) is 41.2 Å². The first kappa shape index (κ1) is 13.2. The molecule has 0 atom stereocenters. The largest absolute Gasteiger partial charge is 0.346 e. The van der Waals surface area contributed by atoms with Crippen LogP contribution in [0.1, 0.15) is 24.6 Å². The van der Waals surface area contributed by atoms with E-state index in [1.54, 1.807) is 0 Å². The quantitative estimate of drug-likeness (QED) is 0.786. The van der Waals surface area contributed by atoms with Crippen LogP contribution in [-0.4, -0.2) is 11.1 Å². The van der Waals surface area contributed by atoms with Crippen molar-refractivity contribution < 1.29 is 0 Å². The molecule has 0 aliphatic carbocycles. The van der Waals surface area contributed by atoms with E-state index < -0.39 is 0 Å². The molecule has 18 heavy (non-hydrogen) atoms. The van der Waals surface area contributed by atoms with Crippen molar-refractivity contribution in [2.75, 3.05) is 6.54 Å². The summed E-state index contributed by atoms with van der Waals surface area (Å²) in [5.41, 5.74) is 2.45. The minimum Gasteiger partial charge on any atom is -0.346 e. The van der Waals surface area contributed by atoms with Gasteiger partial charge in [0, 0.05) is 30.0 Å². The summed E-state index contributed by atoms with van der Waals surface area (Å²) in [6.45, 7) is 4.97. The zero-order valence-electron chi connectivity index (χ0n) is 10.7. The van der Waals surface area contributed by atoms with E-state index in [0.717, 1.165) is 36.6 Å². The molecule has 2 rings (SSSR count). The van der Waals surface area contributed by atoms with Crippen LogP contribution in [0, 0.1) is 0 Å². The van der Waals surface area contributed by atoms with Gasteiger partial charge in [-0.1, -0.05) is 36.7 Å². The molecule has 0 radical (unpaired) electrons. The number of hydrogen-bond acceptors (Lipinski definition) is 1. The van der Waals surface area contributed by atoms with Crippen molar-refractivity contribution in [1.82, 2.24) is 9.88 Å². The predicted molar refractivity (Wildman–Crippen MR) is 77.0 cm³/mol. The van der Waals surface area contributed by atoms with Gasteiger partial charge in [-0.25, -0.2) is 0 Å². The van der Waals surface area contributed by atoms with Gasteiger partial charge in [-0.3, -0.25) is 0 Å². The number of hydrogen-bond donors (Lipinski definition) is 1. The second-order valence-electron chi connectivity index (χ2n) is 4.40. The molecule has 0 fully saturated rings. The van der Waals surface area contributed by atoms with Crippen molar-refractivity contribution in [3.8, 4) is 0 Å². The maximum absolute atomic E-state index is 6.19. The highest BCUT2D eigenvalue weighted by atomic mass is 35.5. The van der Waals surface area contributed by atoms with Crippen molar-refractivity contribution in [2.24, 2.45) is 0 Å². The van der Waals surface area contributed by atoms with Crippen LogP contribution in [0.4, 0.5) is 0 Å². The van der Waals surface area contributed by atoms with Crippen molar-refractivity contribution >= 4 is 11.6 Å². The second-order valence-corrected chi connectivity index (χ2v) is 4.80. The highest BCUT2D eigenvalue weighted by Gasteiger charge is 2.03. The zero-order valence-corrected chi connectivity index (χ0v) is 11.5. The maximum atomic E-state index is 6.19. The first-order valence-corrected chi connectivity index (χ1v) is 6.77. The molecule has 1 aromatic heterocycles. The fourth-order valence-corrected chi connectivity index (χ4v) is 2.16. The van der Waals surface area contributed by atoms with Crippen LogP contribution in [0.15, 0.2) is 42.6 Å². The Morgan fingerprint density at radius 2 is 2.00 bits per heavy atom. The van der Waals surface area contributed by atoms with Crippen molar-refractivity contribution in [3.63, 3.8) is 0 Å². The molecule has 0 aliphatic heterocycles. The van der Waals surface area contributed by atoms with E-state index >= 15 is 0 Å². The lowest BCUT2D eigenvalue weighted by molar-refractivity contribution is 0.630. The second kappa shape index (κ2) is 6.62. The lowest BCUT2D eigenvalue weighted by Gasteiger charge is -2.11. The molecule has 0 unspecified atom stereocenters. The van der Waals surface area contributed by atoms with Gasteiger partial charge in [0.05, 0.1) is 0 Å². The molecule has 3 heteroatoms. The van der Waals surface area contributed by atoms with E-state index in [1.807, 2.05) is 18.2 Å². The molecule has 2 aromatic rings. The molecular weight excluding hydrogens is 244 g/mol. The molecule has 96 valence electrons. The third kappa shape index (κ3) is 3.37. The number of rotatable bonds is 6. The Hall–Kier alpha value is -1.25. The summed E-state index contributed by atoms with van der Waals surface area (Å²) < 4.78 is 2.24. The van der Waals surface area contributed by atoms with Gasteiger partial charge < -0.3 is 9.88 Å². The van der Waals surface area contributed by atoms with Gasteiger partial charge in [-0.2, -0.15) is 0 Å². The monoisotopic (exact) mass is 262 g/mol. The molecular formula is C15H19ClN2. The van der Waals surface area contributed by atoms with Crippen LogP contribution in [-0.2, 0) is 13.1 Å². The summed E-state index contributed by atoms with van der Waals surface area (Å²) in [6.07, 6.45) is 3.26. The Kier molecular flexibility index (Phi) is 4.85. The molecule has 2 nitrogen and oxygen atoms in total. The number of nitrogens with zero attached hydrogens (tertiary/aromatic N) is 1. The normalized spacial score (nSPS) is 10.8. The topological polar surface area (TPSA) is 17.0 Å². The van der Waals surface area contributed by atoms with Gasteiger partial charge >= 0.3 is 0 Å². The number of aromatic nitrogens is 1. The highest BCUT2D eigenvalue weighted by Crippen LogP contribution is 2.17. The average molecular weight is 263 g/mol. The summed E-state index contributed by atoms with van der Waals surface area (Å²) in [5.74, 6) is 0. The van der Waals surface area contributed by atoms with Crippen LogP contribution < -0.4 is 5.32 Å². The Bertz CT molecular complexity index is 491. The minimum atomic E-state index is 0.829. The Labute approximate surface area is 114 Å². The molecule has 0 saturated heterocycles. The van der Waals surface area contributed by atoms with Crippen molar-refractivity contribution in [3.05, 3.63) is 58.9 Å². The number of benzene rings is 1. The molecule has 0 spiro atoms. The van der Waals surface area contributed by atoms with E-state index in [9.17, 15) is 0 Å². The first-order valence-electron chi connectivity index (χ1n) is 6.39. The molecule has 0 saturated carbocycles. The van der Waals surface area contributed by atoms with Gasteiger partial charge in [-0.05, 0) is 36.7 Å². The SMILES string of the molecule is CCCNCc1cccn1Cc1ccccc1Cl. The van der Waals surface area contributed by atoms with Crippen LogP contribution >= 0.6 is 11.6 Å². The molecule has 1 aromatic carbocycles. The Morgan fingerprint density at radius 1 is 1.17 bits per heavy atom. The molecule has 0 aliphatic rings. The van der Waals surface area contributed by atoms with Gasteiger partial charge in [0.1, 0.15) is 0 Å². The van der Waals surface area contributed by atoms with Gasteiger partial charge in [-0.15, -0.1) is 0 Å².